The molecule has 0 radical (unpaired) electrons. The number of hydrogen-bond acceptors (Lipinski definition) is 4. The van der Waals surface area contributed by atoms with E-state index in [0.717, 1.165) is 25.4 Å². The maximum absolute atomic E-state index is 9.35. The second-order valence-electron chi connectivity index (χ2n) is 4.79. The van der Waals surface area contributed by atoms with Crippen LogP contribution >= 0.6 is 0 Å². The largest absolute Gasteiger partial charge is 0.449 e. The molecule has 2 rings (SSSR count). The molecule has 1 unspecified atom stereocenters. The van der Waals surface area contributed by atoms with Crippen LogP contribution in [0, 0.1) is 5.92 Å². The van der Waals surface area contributed by atoms with Crippen LogP contribution in [-0.2, 0) is 6.42 Å². The van der Waals surface area contributed by atoms with Crippen molar-refractivity contribution >= 4 is 0 Å². The van der Waals surface area contributed by atoms with Gasteiger partial charge in [0, 0.05) is 6.42 Å². The summed E-state index contributed by atoms with van der Waals surface area (Å²) in [4.78, 5) is 6.65. The van der Waals surface area contributed by atoms with E-state index >= 15 is 0 Å². The fourth-order valence-electron chi connectivity index (χ4n) is 2.12. The number of hydrogen-bond donors (Lipinski definition) is 1. The maximum Gasteiger partial charge on any atom is 0.194 e. The molecule has 1 aromatic heterocycles. The molecule has 0 amide bonds. The number of aliphatic hydroxyl groups excluding tert-OH is 1. The van der Waals surface area contributed by atoms with E-state index in [9.17, 15) is 5.11 Å². The maximum atomic E-state index is 9.35. The van der Waals surface area contributed by atoms with Gasteiger partial charge >= 0.3 is 0 Å². The molecule has 1 N–H and O–H groups in total. The minimum absolute atomic E-state index is 0.532. The van der Waals surface area contributed by atoms with E-state index < -0.39 is 6.10 Å². The zero-order chi connectivity index (χ0) is 11.5. The van der Waals surface area contributed by atoms with Gasteiger partial charge in [0.15, 0.2) is 5.89 Å². The molecular weight excluding hydrogens is 204 g/mol. The second kappa shape index (κ2) is 4.97. The molecule has 1 saturated heterocycles. The highest BCUT2D eigenvalue weighted by molar-refractivity contribution is 5.00. The number of likely N-dealkylation sites (tertiary alicyclic amines) is 1. The summed E-state index contributed by atoms with van der Waals surface area (Å²) >= 11 is 0. The first-order chi connectivity index (χ1) is 7.65. The molecular formula is C12H20N2O2. The lowest BCUT2D eigenvalue weighted by atomic mass is 9.94. The van der Waals surface area contributed by atoms with Crippen LogP contribution in [0.25, 0.3) is 0 Å². The SMILES string of the molecule is CC(O)c1coc(CC2CCN(C)CC2)n1. The third kappa shape index (κ3) is 2.83. The number of aromatic nitrogens is 1. The van der Waals surface area contributed by atoms with Gasteiger partial charge in [0.1, 0.15) is 12.0 Å². The molecule has 0 bridgehead atoms. The van der Waals surface area contributed by atoms with Gasteiger partial charge in [-0.3, -0.25) is 0 Å². The lowest BCUT2D eigenvalue weighted by Gasteiger charge is -2.28. The molecule has 90 valence electrons. The lowest BCUT2D eigenvalue weighted by molar-refractivity contribution is 0.194. The van der Waals surface area contributed by atoms with Crippen molar-refractivity contribution in [3.63, 3.8) is 0 Å². The Hall–Kier alpha value is -0.870. The van der Waals surface area contributed by atoms with Gasteiger partial charge in [0.25, 0.3) is 0 Å². The molecule has 4 nitrogen and oxygen atoms in total. The van der Waals surface area contributed by atoms with Crippen LogP contribution in [0.5, 0.6) is 0 Å². The summed E-state index contributed by atoms with van der Waals surface area (Å²) < 4.78 is 5.37. The normalized spacial score (nSPS) is 21.2. The summed E-state index contributed by atoms with van der Waals surface area (Å²) in [6, 6.07) is 0. The summed E-state index contributed by atoms with van der Waals surface area (Å²) in [5.74, 6) is 1.45. The van der Waals surface area contributed by atoms with E-state index in [-0.39, 0.29) is 0 Å². The zero-order valence-electron chi connectivity index (χ0n) is 10.0. The van der Waals surface area contributed by atoms with Gasteiger partial charge in [-0.15, -0.1) is 0 Å². The molecule has 0 aromatic carbocycles. The van der Waals surface area contributed by atoms with Crippen LogP contribution in [0.4, 0.5) is 0 Å². The van der Waals surface area contributed by atoms with Gasteiger partial charge in [0.05, 0.1) is 6.10 Å². The Morgan fingerprint density at radius 1 is 1.56 bits per heavy atom. The van der Waals surface area contributed by atoms with Crippen molar-refractivity contribution in [1.82, 2.24) is 9.88 Å². The molecule has 0 aliphatic carbocycles. The van der Waals surface area contributed by atoms with Gasteiger partial charge < -0.3 is 14.4 Å². The molecule has 4 heteroatoms. The molecule has 1 aliphatic rings. The number of piperidine rings is 1. The summed E-state index contributed by atoms with van der Waals surface area (Å²) in [7, 11) is 2.16. The minimum atomic E-state index is -0.532. The van der Waals surface area contributed by atoms with Crippen LogP contribution in [0.2, 0.25) is 0 Å². The number of nitrogens with zero attached hydrogens (tertiary/aromatic N) is 2. The Kier molecular flexibility index (Phi) is 3.61. The van der Waals surface area contributed by atoms with Crippen molar-refractivity contribution in [2.75, 3.05) is 20.1 Å². The smallest absolute Gasteiger partial charge is 0.194 e. The van der Waals surface area contributed by atoms with Crippen LogP contribution in [-0.4, -0.2) is 35.1 Å². The molecule has 1 aromatic rings. The Morgan fingerprint density at radius 2 is 2.25 bits per heavy atom. The summed E-state index contributed by atoms with van der Waals surface area (Å²) in [5.41, 5.74) is 0.642. The molecule has 0 spiro atoms. The van der Waals surface area contributed by atoms with Crippen LogP contribution in [0.15, 0.2) is 10.7 Å². The van der Waals surface area contributed by atoms with E-state index in [4.69, 9.17) is 4.42 Å². The topological polar surface area (TPSA) is 49.5 Å². The number of rotatable bonds is 3. The highest BCUT2D eigenvalue weighted by atomic mass is 16.3. The van der Waals surface area contributed by atoms with E-state index in [1.54, 1.807) is 13.2 Å². The first-order valence-corrected chi connectivity index (χ1v) is 5.96. The van der Waals surface area contributed by atoms with Gasteiger partial charge in [-0.05, 0) is 45.8 Å². The van der Waals surface area contributed by atoms with Gasteiger partial charge in [-0.1, -0.05) is 0 Å². The van der Waals surface area contributed by atoms with E-state index in [0.29, 0.717) is 11.6 Å². The first kappa shape index (κ1) is 11.6. The highest BCUT2D eigenvalue weighted by Crippen LogP contribution is 2.21. The highest BCUT2D eigenvalue weighted by Gasteiger charge is 2.19. The van der Waals surface area contributed by atoms with Crippen molar-refractivity contribution in [3.8, 4) is 0 Å². The molecule has 1 atom stereocenters. The standard InChI is InChI=1S/C12H20N2O2/c1-9(15)11-8-16-12(13-11)7-10-3-5-14(2)6-4-10/h8-10,15H,3-7H2,1-2H3. The molecule has 16 heavy (non-hydrogen) atoms. The predicted molar refractivity (Wildman–Crippen MR) is 61.1 cm³/mol. The van der Waals surface area contributed by atoms with Crippen molar-refractivity contribution in [3.05, 3.63) is 17.8 Å². The Morgan fingerprint density at radius 3 is 2.81 bits per heavy atom. The Labute approximate surface area is 96.3 Å². The summed E-state index contributed by atoms with van der Waals surface area (Å²) in [5, 5.41) is 9.35. The molecule has 1 fully saturated rings. The minimum Gasteiger partial charge on any atom is -0.449 e. The molecule has 2 heterocycles. The third-order valence-electron chi connectivity index (χ3n) is 3.30. The van der Waals surface area contributed by atoms with Crippen LogP contribution < -0.4 is 0 Å². The molecule has 1 aliphatic heterocycles. The second-order valence-corrected chi connectivity index (χ2v) is 4.79. The Balaban J connectivity index is 1.88. The van der Waals surface area contributed by atoms with E-state index in [2.05, 4.69) is 16.9 Å². The van der Waals surface area contributed by atoms with Crippen LogP contribution in [0.3, 0.4) is 0 Å². The van der Waals surface area contributed by atoms with Crippen molar-refractivity contribution in [1.29, 1.82) is 0 Å². The average Bonchev–Trinajstić information content (AvgIpc) is 2.70. The fraction of sp³-hybridized carbons (Fsp3) is 0.750. The first-order valence-electron chi connectivity index (χ1n) is 5.96. The quantitative estimate of drug-likeness (QED) is 0.847. The number of oxazole rings is 1. The zero-order valence-corrected chi connectivity index (χ0v) is 10.0. The van der Waals surface area contributed by atoms with Crippen LogP contribution in [0.1, 0.15) is 37.5 Å². The van der Waals surface area contributed by atoms with Gasteiger partial charge in [-0.2, -0.15) is 0 Å². The van der Waals surface area contributed by atoms with Gasteiger partial charge in [-0.25, -0.2) is 4.98 Å². The third-order valence-corrected chi connectivity index (χ3v) is 3.30. The average molecular weight is 224 g/mol. The lowest BCUT2D eigenvalue weighted by Crippen LogP contribution is -2.30. The fourth-order valence-corrected chi connectivity index (χ4v) is 2.12. The summed E-state index contributed by atoms with van der Waals surface area (Å²) in [6.07, 6.45) is 4.36. The van der Waals surface area contributed by atoms with Crippen molar-refractivity contribution in [2.45, 2.75) is 32.3 Å². The predicted octanol–water partition coefficient (Wildman–Crippen LogP) is 1.61. The van der Waals surface area contributed by atoms with Crippen molar-refractivity contribution < 1.29 is 9.52 Å². The van der Waals surface area contributed by atoms with E-state index in [1.165, 1.54) is 12.8 Å². The molecule has 0 saturated carbocycles. The summed E-state index contributed by atoms with van der Waals surface area (Å²) in [6.45, 7) is 4.03. The number of aliphatic hydroxyl groups is 1. The van der Waals surface area contributed by atoms with Crippen molar-refractivity contribution in [2.24, 2.45) is 5.92 Å². The monoisotopic (exact) mass is 224 g/mol. The van der Waals surface area contributed by atoms with Gasteiger partial charge in [0.2, 0.25) is 0 Å². The van der Waals surface area contributed by atoms with E-state index in [1.807, 2.05) is 0 Å². The Bertz CT molecular complexity index is 328.